The number of nitrogens with zero attached hydrogens (tertiary/aromatic N) is 4. The van der Waals surface area contributed by atoms with Gasteiger partial charge in [-0.05, 0) is 31.0 Å². The summed E-state index contributed by atoms with van der Waals surface area (Å²) in [6.45, 7) is 6.41. The molecular weight excluding hydrogens is 468 g/mol. The van der Waals surface area contributed by atoms with Gasteiger partial charge in [-0.15, -0.1) is 0 Å². The van der Waals surface area contributed by atoms with Crippen LogP contribution in [0.1, 0.15) is 41.6 Å². The van der Waals surface area contributed by atoms with Gasteiger partial charge in [-0.25, -0.2) is 13.1 Å². The van der Waals surface area contributed by atoms with Crippen LogP contribution in [0.2, 0.25) is 0 Å². The molecule has 1 fully saturated rings. The van der Waals surface area contributed by atoms with E-state index in [4.69, 9.17) is 0 Å². The van der Waals surface area contributed by atoms with E-state index in [0.29, 0.717) is 22.9 Å². The van der Waals surface area contributed by atoms with Gasteiger partial charge in [-0.1, -0.05) is 44.2 Å². The minimum Gasteiger partial charge on any atom is -0.335 e. The summed E-state index contributed by atoms with van der Waals surface area (Å²) < 4.78 is 28.8. The normalized spacial score (nSPS) is 15.0. The van der Waals surface area contributed by atoms with Crippen molar-refractivity contribution in [1.82, 2.24) is 19.0 Å². The fourth-order valence-electron chi connectivity index (χ4n) is 4.15. The van der Waals surface area contributed by atoms with Crippen LogP contribution in [-0.2, 0) is 16.6 Å². The molecule has 35 heavy (non-hydrogen) atoms. The van der Waals surface area contributed by atoms with Crippen molar-refractivity contribution >= 4 is 32.5 Å². The number of aromatic nitrogens is 2. The number of carbonyl (C=O) groups is 2. The first-order valence-electron chi connectivity index (χ1n) is 11.5. The second kappa shape index (κ2) is 9.71. The molecule has 0 saturated carbocycles. The Hall–Kier alpha value is -3.37. The Bertz CT molecular complexity index is 1440. The van der Waals surface area contributed by atoms with Gasteiger partial charge < -0.3 is 4.90 Å². The van der Waals surface area contributed by atoms with Crippen molar-refractivity contribution in [2.75, 3.05) is 26.2 Å². The summed E-state index contributed by atoms with van der Waals surface area (Å²) in [5.74, 6) is -0.300. The molecule has 10 heteroatoms. The van der Waals surface area contributed by atoms with E-state index in [1.54, 1.807) is 29.2 Å². The van der Waals surface area contributed by atoms with Crippen molar-refractivity contribution in [1.29, 1.82) is 0 Å². The van der Waals surface area contributed by atoms with Crippen LogP contribution in [-0.4, -0.2) is 65.3 Å². The van der Waals surface area contributed by atoms with Gasteiger partial charge in [0.05, 0.1) is 10.3 Å². The van der Waals surface area contributed by atoms with Gasteiger partial charge in [0.25, 0.3) is 11.5 Å². The zero-order valence-corrected chi connectivity index (χ0v) is 20.8. The number of benzene rings is 2. The molecule has 184 valence electrons. The molecule has 2 heterocycles. The van der Waals surface area contributed by atoms with E-state index in [2.05, 4.69) is 5.10 Å². The van der Waals surface area contributed by atoms with E-state index in [1.165, 1.54) is 40.2 Å². The van der Waals surface area contributed by atoms with E-state index in [9.17, 15) is 22.8 Å². The summed E-state index contributed by atoms with van der Waals surface area (Å²) in [6.07, 6.45) is 0. The van der Waals surface area contributed by atoms with E-state index >= 15 is 0 Å². The summed E-state index contributed by atoms with van der Waals surface area (Å²) in [6, 6.07) is 12.8. The topological polar surface area (TPSA) is 110 Å². The molecule has 3 aromatic rings. The number of fused-ring (bicyclic) bond motifs is 1. The Morgan fingerprint density at radius 2 is 1.54 bits per heavy atom. The third kappa shape index (κ3) is 4.89. The molecule has 4 rings (SSSR count). The first-order chi connectivity index (χ1) is 16.6. The lowest BCUT2D eigenvalue weighted by Crippen LogP contribution is -2.50. The van der Waals surface area contributed by atoms with Crippen LogP contribution < -0.4 is 5.56 Å². The SMILES string of the molecule is CC(=O)c1ccc(S(=O)(=O)N2CCN(C(=O)c3nn(CC(C)C)c(=O)c4ccccc34)CC2)cc1. The summed E-state index contributed by atoms with van der Waals surface area (Å²) in [4.78, 5) is 39.4. The Morgan fingerprint density at radius 1 is 0.943 bits per heavy atom. The summed E-state index contributed by atoms with van der Waals surface area (Å²) in [7, 11) is -3.76. The van der Waals surface area contributed by atoms with E-state index in [0.717, 1.165) is 0 Å². The number of hydrogen-bond donors (Lipinski definition) is 0. The van der Waals surface area contributed by atoms with Crippen molar-refractivity contribution in [3.8, 4) is 0 Å². The van der Waals surface area contributed by atoms with Crippen molar-refractivity contribution < 1.29 is 18.0 Å². The minimum absolute atomic E-state index is 0.107. The maximum atomic E-state index is 13.4. The van der Waals surface area contributed by atoms with Gasteiger partial charge in [-0.2, -0.15) is 9.40 Å². The maximum Gasteiger partial charge on any atom is 0.275 e. The zero-order chi connectivity index (χ0) is 25.3. The molecule has 0 unspecified atom stereocenters. The quantitative estimate of drug-likeness (QED) is 0.485. The Labute approximate surface area is 204 Å². The van der Waals surface area contributed by atoms with Gasteiger partial charge in [0.2, 0.25) is 10.0 Å². The molecule has 1 amide bonds. The molecule has 0 radical (unpaired) electrons. The van der Waals surface area contributed by atoms with Crippen LogP contribution >= 0.6 is 0 Å². The summed E-state index contributed by atoms with van der Waals surface area (Å²) in [5.41, 5.74) is 0.396. The third-order valence-electron chi connectivity index (χ3n) is 6.03. The molecular formula is C25H28N4O5S. The summed E-state index contributed by atoms with van der Waals surface area (Å²) in [5, 5.41) is 5.33. The van der Waals surface area contributed by atoms with Crippen molar-refractivity contribution in [2.45, 2.75) is 32.2 Å². The average molecular weight is 497 g/mol. The number of carbonyl (C=O) groups excluding carboxylic acids is 2. The number of Topliss-reactive ketones (excluding diaryl/α,β-unsaturated/α-hetero) is 1. The first-order valence-corrected chi connectivity index (χ1v) is 12.9. The lowest BCUT2D eigenvalue weighted by molar-refractivity contribution is 0.0691. The summed E-state index contributed by atoms with van der Waals surface area (Å²) >= 11 is 0. The number of sulfonamides is 1. The molecule has 9 nitrogen and oxygen atoms in total. The van der Waals surface area contributed by atoms with Crippen molar-refractivity contribution in [2.24, 2.45) is 5.92 Å². The predicted molar refractivity (Wildman–Crippen MR) is 132 cm³/mol. The highest BCUT2D eigenvalue weighted by Gasteiger charge is 2.32. The molecule has 0 aliphatic carbocycles. The number of hydrogen-bond acceptors (Lipinski definition) is 6. The molecule has 1 aliphatic rings. The highest BCUT2D eigenvalue weighted by atomic mass is 32.2. The lowest BCUT2D eigenvalue weighted by Gasteiger charge is -2.34. The Morgan fingerprint density at radius 3 is 2.11 bits per heavy atom. The number of rotatable bonds is 6. The lowest BCUT2D eigenvalue weighted by atomic mass is 10.1. The molecule has 0 N–H and O–H groups in total. The van der Waals surface area contributed by atoms with Crippen LogP contribution in [0.5, 0.6) is 0 Å². The monoisotopic (exact) mass is 496 g/mol. The van der Waals surface area contributed by atoms with E-state index in [1.807, 2.05) is 13.8 Å². The zero-order valence-electron chi connectivity index (χ0n) is 20.0. The smallest absolute Gasteiger partial charge is 0.275 e. The second-order valence-electron chi connectivity index (χ2n) is 9.05. The van der Waals surface area contributed by atoms with E-state index in [-0.39, 0.29) is 59.9 Å². The van der Waals surface area contributed by atoms with Gasteiger partial charge in [-0.3, -0.25) is 14.4 Å². The number of piperazine rings is 1. The van der Waals surface area contributed by atoms with Crippen LogP contribution in [0.3, 0.4) is 0 Å². The van der Waals surface area contributed by atoms with Crippen LogP contribution in [0.4, 0.5) is 0 Å². The molecule has 1 aliphatic heterocycles. The van der Waals surface area contributed by atoms with Gasteiger partial charge >= 0.3 is 0 Å². The molecule has 0 bridgehead atoms. The van der Waals surface area contributed by atoms with Gasteiger partial charge in [0.15, 0.2) is 11.5 Å². The fourth-order valence-corrected chi connectivity index (χ4v) is 5.58. The number of ketones is 1. The highest BCUT2D eigenvalue weighted by Crippen LogP contribution is 2.21. The second-order valence-corrected chi connectivity index (χ2v) is 11.0. The largest absolute Gasteiger partial charge is 0.335 e. The molecule has 2 aromatic carbocycles. The molecule has 1 saturated heterocycles. The van der Waals surface area contributed by atoms with Crippen LogP contribution in [0.25, 0.3) is 10.8 Å². The number of amides is 1. The first kappa shape index (κ1) is 24.7. The van der Waals surface area contributed by atoms with Gasteiger partial charge in [0, 0.05) is 43.7 Å². The third-order valence-corrected chi connectivity index (χ3v) is 7.95. The highest BCUT2D eigenvalue weighted by molar-refractivity contribution is 7.89. The van der Waals surface area contributed by atoms with Crippen LogP contribution in [0, 0.1) is 5.92 Å². The standard InChI is InChI=1S/C25H28N4O5S/c1-17(2)16-29-24(31)22-7-5-4-6-21(22)23(26-29)25(32)27-12-14-28(15-13-27)35(33,34)20-10-8-19(9-11-20)18(3)30/h4-11,17H,12-16H2,1-3H3. The average Bonchev–Trinajstić information content (AvgIpc) is 2.85. The predicted octanol–water partition coefficient (Wildman–Crippen LogP) is 2.40. The minimum atomic E-state index is -3.76. The molecule has 0 spiro atoms. The maximum absolute atomic E-state index is 13.4. The van der Waals surface area contributed by atoms with Gasteiger partial charge in [0.1, 0.15) is 0 Å². The molecule has 1 aromatic heterocycles. The Balaban J connectivity index is 1.56. The van der Waals surface area contributed by atoms with Crippen LogP contribution in [0.15, 0.2) is 58.2 Å². The van der Waals surface area contributed by atoms with Crippen molar-refractivity contribution in [3.05, 3.63) is 70.1 Å². The molecule has 0 atom stereocenters. The van der Waals surface area contributed by atoms with E-state index < -0.39 is 10.0 Å². The Kier molecular flexibility index (Phi) is 6.86. The fraction of sp³-hybridized carbons (Fsp3) is 0.360. The van der Waals surface area contributed by atoms with Crippen molar-refractivity contribution in [3.63, 3.8) is 0 Å².